The second-order valence-corrected chi connectivity index (χ2v) is 3.92. The smallest absolute Gasteiger partial charge is 0.190 e. The molecule has 0 saturated heterocycles. The SMILES string of the molecule is CN=C(NC)NCCc1csc(C)n1.I. The van der Waals surface area contributed by atoms with Gasteiger partial charge in [0.1, 0.15) is 0 Å². The number of halogens is 1. The van der Waals surface area contributed by atoms with E-state index in [0.717, 1.165) is 29.6 Å². The van der Waals surface area contributed by atoms with Gasteiger partial charge in [-0.15, -0.1) is 35.3 Å². The van der Waals surface area contributed by atoms with E-state index in [-0.39, 0.29) is 24.0 Å². The Morgan fingerprint density at radius 2 is 2.33 bits per heavy atom. The van der Waals surface area contributed by atoms with E-state index >= 15 is 0 Å². The highest BCUT2D eigenvalue weighted by atomic mass is 127. The Balaban J connectivity index is 0.00000196. The molecule has 1 rings (SSSR count). The van der Waals surface area contributed by atoms with Crippen molar-refractivity contribution in [2.45, 2.75) is 13.3 Å². The molecule has 0 bridgehead atoms. The van der Waals surface area contributed by atoms with Gasteiger partial charge in [0.05, 0.1) is 10.7 Å². The summed E-state index contributed by atoms with van der Waals surface area (Å²) in [5.74, 6) is 0.817. The van der Waals surface area contributed by atoms with E-state index < -0.39 is 0 Å². The fourth-order valence-corrected chi connectivity index (χ4v) is 1.76. The summed E-state index contributed by atoms with van der Waals surface area (Å²) in [7, 11) is 3.61. The summed E-state index contributed by atoms with van der Waals surface area (Å²) in [6.07, 6.45) is 0.936. The largest absolute Gasteiger partial charge is 0.359 e. The Bertz CT molecular complexity index is 311. The molecule has 0 fully saturated rings. The number of guanidine groups is 1. The Morgan fingerprint density at radius 1 is 1.60 bits per heavy atom. The minimum Gasteiger partial charge on any atom is -0.359 e. The standard InChI is InChI=1S/C9H16N4S.HI/c1-7-13-8(6-14-7)4-5-12-9(10-2)11-3;/h6H,4-5H2,1-3H3,(H2,10,11,12);1H. The molecule has 0 aliphatic carbocycles. The number of aliphatic imine (C=N–C) groups is 1. The summed E-state index contributed by atoms with van der Waals surface area (Å²) in [5, 5.41) is 9.36. The van der Waals surface area contributed by atoms with Gasteiger partial charge in [-0.2, -0.15) is 0 Å². The van der Waals surface area contributed by atoms with E-state index in [9.17, 15) is 0 Å². The second-order valence-electron chi connectivity index (χ2n) is 2.86. The van der Waals surface area contributed by atoms with Crippen LogP contribution in [-0.2, 0) is 6.42 Å². The molecule has 15 heavy (non-hydrogen) atoms. The molecule has 4 nitrogen and oxygen atoms in total. The van der Waals surface area contributed by atoms with Crippen LogP contribution >= 0.6 is 35.3 Å². The van der Waals surface area contributed by atoms with Crippen LogP contribution in [0.1, 0.15) is 10.7 Å². The number of hydrogen-bond acceptors (Lipinski definition) is 3. The maximum absolute atomic E-state index is 4.38. The highest BCUT2D eigenvalue weighted by Crippen LogP contribution is 2.07. The fraction of sp³-hybridized carbons (Fsp3) is 0.556. The maximum atomic E-state index is 4.38. The number of aryl methyl sites for hydroxylation is 1. The molecule has 0 aromatic carbocycles. The lowest BCUT2D eigenvalue weighted by atomic mass is 10.3. The average Bonchev–Trinajstić information content (AvgIpc) is 2.59. The number of rotatable bonds is 3. The van der Waals surface area contributed by atoms with Crippen molar-refractivity contribution in [3.8, 4) is 0 Å². The van der Waals surface area contributed by atoms with Crippen molar-refractivity contribution in [2.75, 3.05) is 20.6 Å². The summed E-state index contributed by atoms with van der Waals surface area (Å²) in [5.41, 5.74) is 1.14. The molecule has 2 N–H and O–H groups in total. The van der Waals surface area contributed by atoms with Gasteiger partial charge in [-0.1, -0.05) is 0 Å². The minimum atomic E-state index is 0. The fourth-order valence-electron chi connectivity index (χ4n) is 1.11. The van der Waals surface area contributed by atoms with Crippen molar-refractivity contribution in [1.29, 1.82) is 0 Å². The van der Waals surface area contributed by atoms with Crippen LogP contribution < -0.4 is 10.6 Å². The van der Waals surface area contributed by atoms with Crippen LogP contribution in [0.3, 0.4) is 0 Å². The van der Waals surface area contributed by atoms with Gasteiger partial charge in [0, 0.05) is 32.4 Å². The van der Waals surface area contributed by atoms with Gasteiger partial charge in [-0.05, 0) is 6.92 Å². The van der Waals surface area contributed by atoms with Gasteiger partial charge >= 0.3 is 0 Å². The summed E-state index contributed by atoms with van der Waals surface area (Å²) in [4.78, 5) is 8.40. The molecule has 86 valence electrons. The minimum absolute atomic E-state index is 0. The molecule has 0 aliphatic heterocycles. The second kappa shape index (κ2) is 7.86. The summed E-state index contributed by atoms with van der Waals surface area (Å²) < 4.78 is 0. The van der Waals surface area contributed by atoms with E-state index in [0.29, 0.717) is 0 Å². The monoisotopic (exact) mass is 340 g/mol. The predicted molar refractivity (Wildman–Crippen MR) is 76.4 cm³/mol. The Labute approximate surface area is 112 Å². The summed E-state index contributed by atoms with van der Waals surface area (Å²) >= 11 is 1.69. The van der Waals surface area contributed by atoms with Crippen molar-refractivity contribution in [3.05, 3.63) is 16.1 Å². The first-order valence-corrected chi connectivity index (χ1v) is 5.43. The Hall–Kier alpha value is -0.370. The van der Waals surface area contributed by atoms with Crippen molar-refractivity contribution in [3.63, 3.8) is 0 Å². The zero-order valence-electron chi connectivity index (χ0n) is 9.20. The number of hydrogen-bond donors (Lipinski definition) is 2. The van der Waals surface area contributed by atoms with Crippen molar-refractivity contribution >= 4 is 41.3 Å². The van der Waals surface area contributed by atoms with Crippen LogP contribution in [0.2, 0.25) is 0 Å². The molecular weight excluding hydrogens is 323 g/mol. The molecule has 0 unspecified atom stereocenters. The third-order valence-electron chi connectivity index (χ3n) is 1.80. The van der Waals surface area contributed by atoms with Crippen LogP contribution in [0.15, 0.2) is 10.4 Å². The quantitative estimate of drug-likeness (QED) is 0.497. The Kier molecular flexibility index (Phi) is 7.67. The number of nitrogens with one attached hydrogen (secondary N) is 2. The lowest BCUT2D eigenvalue weighted by Gasteiger charge is -2.06. The van der Waals surface area contributed by atoms with Crippen LogP contribution in [-0.4, -0.2) is 31.6 Å². The van der Waals surface area contributed by atoms with E-state index in [1.54, 1.807) is 18.4 Å². The number of nitrogens with zero attached hydrogens (tertiary/aromatic N) is 2. The average molecular weight is 340 g/mol. The topological polar surface area (TPSA) is 49.3 Å². The van der Waals surface area contributed by atoms with E-state index in [1.165, 1.54) is 0 Å². The molecule has 0 radical (unpaired) electrons. The number of aromatic nitrogens is 1. The first-order chi connectivity index (χ1) is 6.76. The highest BCUT2D eigenvalue weighted by Gasteiger charge is 1.98. The van der Waals surface area contributed by atoms with Crippen molar-refractivity contribution in [2.24, 2.45) is 4.99 Å². The zero-order valence-corrected chi connectivity index (χ0v) is 12.3. The molecule has 6 heteroatoms. The van der Waals surface area contributed by atoms with Gasteiger partial charge in [0.15, 0.2) is 5.96 Å². The van der Waals surface area contributed by atoms with Crippen LogP contribution in [0.25, 0.3) is 0 Å². The van der Waals surface area contributed by atoms with Crippen LogP contribution in [0.4, 0.5) is 0 Å². The summed E-state index contributed by atoms with van der Waals surface area (Å²) in [6.45, 7) is 2.88. The van der Waals surface area contributed by atoms with Gasteiger partial charge < -0.3 is 10.6 Å². The van der Waals surface area contributed by atoms with E-state index in [1.807, 2.05) is 14.0 Å². The lowest BCUT2D eigenvalue weighted by Crippen LogP contribution is -2.35. The van der Waals surface area contributed by atoms with Crippen LogP contribution in [0.5, 0.6) is 0 Å². The Morgan fingerprint density at radius 3 is 2.80 bits per heavy atom. The van der Waals surface area contributed by atoms with Gasteiger partial charge in [-0.3, -0.25) is 4.99 Å². The molecule has 0 amide bonds. The maximum Gasteiger partial charge on any atom is 0.190 e. The predicted octanol–water partition coefficient (Wildman–Crippen LogP) is 1.41. The number of thiazole rings is 1. The van der Waals surface area contributed by atoms with Crippen molar-refractivity contribution < 1.29 is 0 Å². The highest BCUT2D eigenvalue weighted by molar-refractivity contribution is 14.0. The van der Waals surface area contributed by atoms with Gasteiger partial charge in [0.2, 0.25) is 0 Å². The summed E-state index contributed by atoms with van der Waals surface area (Å²) in [6, 6.07) is 0. The molecule has 0 atom stereocenters. The molecule has 0 aliphatic rings. The molecule has 0 saturated carbocycles. The molecule has 1 aromatic rings. The first kappa shape index (κ1) is 14.6. The molecule has 1 aromatic heterocycles. The third-order valence-corrected chi connectivity index (χ3v) is 2.62. The lowest BCUT2D eigenvalue weighted by molar-refractivity contribution is 0.818. The third kappa shape index (κ3) is 5.31. The molecular formula is C9H17IN4S. The molecule has 1 heterocycles. The van der Waals surface area contributed by atoms with Crippen molar-refractivity contribution in [1.82, 2.24) is 15.6 Å². The zero-order chi connectivity index (χ0) is 10.4. The van der Waals surface area contributed by atoms with Gasteiger partial charge in [-0.25, -0.2) is 4.98 Å². The van der Waals surface area contributed by atoms with E-state index in [2.05, 4.69) is 26.0 Å². The normalized spacial score (nSPS) is 10.7. The van der Waals surface area contributed by atoms with Gasteiger partial charge in [0.25, 0.3) is 0 Å². The molecule has 0 spiro atoms. The van der Waals surface area contributed by atoms with E-state index in [4.69, 9.17) is 0 Å². The first-order valence-electron chi connectivity index (χ1n) is 4.55. The van der Waals surface area contributed by atoms with Crippen LogP contribution in [0, 0.1) is 6.92 Å².